The maximum Gasteiger partial charge on any atom is 0.113 e. The predicted molar refractivity (Wildman–Crippen MR) is 62.3 cm³/mol. The summed E-state index contributed by atoms with van der Waals surface area (Å²) in [6, 6.07) is 4.23. The summed E-state index contributed by atoms with van der Waals surface area (Å²) in [6.45, 7) is 4.39. The molecule has 0 bridgehead atoms. The Labute approximate surface area is 90.2 Å². The van der Waals surface area contributed by atoms with Crippen molar-refractivity contribution >= 4 is 11.8 Å². The monoisotopic (exact) mass is 213 g/mol. The summed E-state index contributed by atoms with van der Waals surface area (Å²) >= 11 is 1.84. The average molecular weight is 213 g/mol. The minimum absolute atomic E-state index is 0.306. The van der Waals surface area contributed by atoms with Crippen molar-refractivity contribution in [3.05, 3.63) is 24.2 Å². The van der Waals surface area contributed by atoms with Crippen LogP contribution in [0.1, 0.15) is 26.0 Å². The van der Waals surface area contributed by atoms with Gasteiger partial charge in [-0.15, -0.1) is 0 Å². The maximum atomic E-state index is 6.02. The third-order valence-electron chi connectivity index (χ3n) is 2.51. The molecular weight excluding hydrogens is 194 g/mol. The molecule has 0 spiro atoms. The highest BCUT2D eigenvalue weighted by Gasteiger charge is 2.10. The van der Waals surface area contributed by atoms with E-state index in [1.165, 1.54) is 0 Å². The van der Waals surface area contributed by atoms with Gasteiger partial charge in [0.05, 0.1) is 12.0 Å². The molecule has 0 amide bonds. The predicted octanol–water partition coefficient (Wildman–Crippen LogP) is 2.89. The van der Waals surface area contributed by atoms with Gasteiger partial charge in [0.1, 0.15) is 5.76 Å². The highest BCUT2D eigenvalue weighted by atomic mass is 32.2. The summed E-state index contributed by atoms with van der Waals surface area (Å²) in [6.07, 6.45) is 2.87. The molecule has 1 rings (SSSR count). The van der Waals surface area contributed by atoms with Gasteiger partial charge in [-0.25, -0.2) is 0 Å². The van der Waals surface area contributed by atoms with Crippen LogP contribution in [0.25, 0.3) is 0 Å². The Balaban J connectivity index is 2.15. The molecule has 0 saturated carbocycles. The van der Waals surface area contributed by atoms with Gasteiger partial charge in [-0.1, -0.05) is 20.3 Å². The van der Waals surface area contributed by atoms with E-state index in [0.29, 0.717) is 12.0 Å². The van der Waals surface area contributed by atoms with Gasteiger partial charge in [0, 0.05) is 11.8 Å². The zero-order valence-electron chi connectivity index (χ0n) is 8.90. The molecule has 1 heterocycles. The summed E-state index contributed by atoms with van der Waals surface area (Å²) in [5, 5.41) is 0. The standard InChI is InChI=1S/C11H19NOS/c1-3-9(2)11(12)8-14-7-10-5-4-6-13-10/h4-6,9,11H,3,7-8,12H2,1-2H3. The zero-order valence-corrected chi connectivity index (χ0v) is 9.72. The van der Waals surface area contributed by atoms with Crippen LogP contribution in [0.2, 0.25) is 0 Å². The lowest BCUT2D eigenvalue weighted by molar-refractivity contribution is 0.475. The normalized spacial score (nSPS) is 15.4. The van der Waals surface area contributed by atoms with Crippen molar-refractivity contribution in [2.24, 2.45) is 11.7 Å². The van der Waals surface area contributed by atoms with Crippen LogP contribution in [0.3, 0.4) is 0 Å². The topological polar surface area (TPSA) is 39.2 Å². The van der Waals surface area contributed by atoms with E-state index in [0.717, 1.165) is 23.7 Å². The Kier molecular flexibility index (Phi) is 5.12. The van der Waals surface area contributed by atoms with Crippen LogP contribution in [0.4, 0.5) is 0 Å². The minimum Gasteiger partial charge on any atom is -0.468 e. The molecule has 80 valence electrons. The van der Waals surface area contributed by atoms with Gasteiger partial charge in [-0.2, -0.15) is 11.8 Å². The van der Waals surface area contributed by atoms with Gasteiger partial charge in [0.2, 0.25) is 0 Å². The number of rotatable bonds is 6. The fraction of sp³-hybridized carbons (Fsp3) is 0.636. The number of furan rings is 1. The number of hydrogen-bond acceptors (Lipinski definition) is 3. The Morgan fingerprint density at radius 3 is 2.93 bits per heavy atom. The third-order valence-corrected chi connectivity index (χ3v) is 3.62. The first-order chi connectivity index (χ1) is 6.74. The van der Waals surface area contributed by atoms with Crippen molar-refractivity contribution in [2.45, 2.75) is 32.1 Å². The number of nitrogens with two attached hydrogens (primary N) is 1. The van der Waals surface area contributed by atoms with Gasteiger partial charge in [-0.05, 0) is 18.1 Å². The summed E-state index contributed by atoms with van der Waals surface area (Å²) in [4.78, 5) is 0. The number of hydrogen-bond donors (Lipinski definition) is 1. The largest absolute Gasteiger partial charge is 0.468 e. The molecule has 1 aromatic heterocycles. The van der Waals surface area contributed by atoms with Crippen LogP contribution in [-0.2, 0) is 5.75 Å². The van der Waals surface area contributed by atoms with Crippen LogP contribution < -0.4 is 5.73 Å². The van der Waals surface area contributed by atoms with E-state index in [-0.39, 0.29) is 0 Å². The molecule has 0 saturated heterocycles. The Hall–Kier alpha value is -0.410. The van der Waals surface area contributed by atoms with E-state index in [9.17, 15) is 0 Å². The van der Waals surface area contributed by atoms with Crippen LogP contribution in [0.15, 0.2) is 22.8 Å². The molecule has 2 unspecified atom stereocenters. The summed E-state index contributed by atoms with van der Waals surface area (Å²) in [7, 11) is 0. The van der Waals surface area contributed by atoms with Crippen molar-refractivity contribution < 1.29 is 4.42 Å². The molecule has 0 aliphatic carbocycles. The Morgan fingerprint density at radius 2 is 2.36 bits per heavy atom. The second kappa shape index (κ2) is 6.14. The van der Waals surface area contributed by atoms with Gasteiger partial charge in [0.15, 0.2) is 0 Å². The molecule has 2 nitrogen and oxygen atoms in total. The van der Waals surface area contributed by atoms with E-state index in [1.807, 2.05) is 23.9 Å². The van der Waals surface area contributed by atoms with Gasteiger partial charge >= 0.3 is 0 Å². The molecule has 2 N–H and O–H groups in total. The van der Waals surface area contributed by atoms with Crippen LogP contribution in [-0.4, -0.2) is 11.8 Å². The second-order valence-electron chi connectivity index (χ2n) is 3.64. The average Bonchev–Trinajstić information content (AvgIpc) is 2.69. The van der Waals surface area contributed by atoms with Gasteiger partial charge in [-0.3, -0.25) is 0 Å². The highest BCUT2D eigenvalue weighted by molar-refractivity contribution is 7.98. The van der Waals surface area contributed by atoms with E-state index in [1.54, 1.807) is 6.26 Å². The molecule has 0 aliphatic rings. The van der Waals surface area contributed by atoms with Crippen molar-refractivity contribution in [3.63, 3.8) is 0 Å². The molecule has 3 heteroatoms. The van der Waals surface area contributed by atoms with Crippen LogP contribution in [0.5, 0.6) is 0 Å². The fourth-order valence-electron chi connectivity index (χ4n) is 1.16. The van der Waals surface area contributed by atoms with Crippen LogP contribution in [0, 0.1) is 5.92 Å². The lowest BCUT2D eigenvalue weighted by Crippen LogP contribution is -2.30. The van der Waals surface area contributed by atoms with Gasteiger partial charge in [0.25, 0.3) is 0 Å². The number of thioether (sulfide) groups is 1. The van der Waals surface area contributed by atoms with E-state index < -0.39 is 0 Å². The van der Waals surface area contributed by atoms with Crippen molar-refractivity contribution in [1.29, 1.82) is 0 Å². The Morgan fingerprint density at radius 1 is 1.57 bits per heavy atom. The molecule has 2 atom stereocenters. The van der Waals surface area contributed by atoms with Gasteiger partial charge < -0.3 is 10.2 Å². The summed E-state index contributed by atoms with van der Waals surface area (Å²) < 4.78 is 5.24. The molecule has 1 aromatic rings. The van der Waals surface area contributed by atoms with Crippen molar-refractivity contribution in [3.8, 4) is 0 Å². The van der Waals surface area contributed by atoms with E-state index in [4.69, 9.17) is 10.2 Å². The highest BCUT2D eigenvalue weighted by Crippen LogP contribution is 2.16. The molecular formula is C11H19NOS. The first kappa shape index (κ1) is 11.7. The fourth-order valence-corrected chi connectivity index (χ4v) is 2.24. The summed E-state index contributed by atoms with van der Waals surface area (Å²) in [5.74, 6) is 3.58. The second-order valence-corrected chi connectivity index (χ2v) is 4.67. The van der Waals surface area contributed by atoms with E-state index >= 15 is 0 Å². The molecule has 0 aliphatic heterocycles. The quantitative estimate of drug-likeness (QED) is 0.789. The third kappa shape index (κ3) is 3.76. The van der Waals surface area contributed by atoms with E-state index in [2.05, 4.69) is 13.8 Å². The molecule has 0 radical (unpaired) electrons. The maximum absolute atomic E-state index is 6.02. The molecule has 0 fully saturated rings. The smallest absolute Gasteiger partial charge is 0.113 e. The van der Waals surface area contributed by atoms with Crippen molar-refractivity contribution in [2.75, 3.05) is 5.75 Å². The van der Waals surface area contributed by atoms with Crippen LogP contribution >= 0.6 is 11.8 Å². The molecule has 0 aromatic carbocycles. The SMILES string of the molecule is CCC(C)C(N)CSCc1ccco1. The Bertz CT molecular complexity index is 235. The summed E-state index contributed by atoms with van der Waals surface area (Å²) in [5.41, 5.74) is 6.02. The first-order valence-corrected chi connectivity index (χ1v) is 6.25. The lowest BCUT2D eigenvalue weighted by atomic mass is 10.0. The van der Waals surface area contributed by atoms with Crippen molar-refractivity contribution in [1.82, 2.24) is 0 Å². The minimum atomic E-state index is 0.306. The molecule has 14 heavy (non-hydrogen) atoms. The first-order valence-electron chi connectivity index (χ1n) is 5.09. The zero-order chi connectivity index (χ0) is 10.4. The lowest BCUT2D eigenvalue weighted by Gasteiger charge is -2.17.